The average molecular weight is 1870 g/mol. The first-order valence-electron chi connectivity index (χ1n) is 44.2. The first-order chi connectivity index (χ1) is 63.5. The van der Waals surface area contributed by atoms with Crippen LogP contribution in [0.3, 0.4) is 0 Å². The number of para-hydroxylation sites is 2. The topological polar surface area (TPSA) is 662 Å². The highest BCUT2D eigenvalue weighted by molar-refractivity contribution is 8.00. The molecule has 0 aliphatic carbocycles. The first-order valence-corrected chi connectivity index (χ1v) is 45.4. The quantitative estimate of drug-likeness (QED) is 0.0148. The Labute approximate surface area is 771 Å². The Kier molecular flexibility index (Phi) is 38.3. The number of fused-ring (bicyclic) bond motifs is 4. The number of amides is 17. The van der Waals surface area contributed by atoms with E-state index >= 15 is 28.8 Å². The van der Waals surface area contributed by atoms with Crippen LogP contribution in [0.15, 0.2) is 97.7 Å². The molecule has 1 unspecified atom stereocenters. The number of thioether (sulfide) groups is 1. The zero-order valence-electron chi connectivity index (χ0n) is 75.1. The van der Waals surface area contributed by atoms with E-state index in [0.717, 1.165) is 36.3 Å². The van der Waals surface area contributed by atoms with Crippen molar-refractivity contribution in [2.45, 2.75) is 215 Å². The normalized spacial score (nSPS) is 24.3. The molecule has 44 nitrogen and oxygen atoms in total. The van der Waals surface area contributed by atoms with Crippen molar-refractivity contribution in [3.05, 3.63) is 120 Å². The molecule has 0 saturated carbocycles. The third-order valence-electron chi connectivity index (χ3n) is 23.8. The Bertz CT molecular complexity index is 5150. The maximum Gasteiger partial charge on any atom is 0.248 e. The van der Waals surface area contributed by atoms with Crippen molar-refractivity contribution >= 4 is 140 Å². The Morgan fingerprint density at radius 3 is 1.56 bits per heavy atom. The van der Waals surface area contributed by atoms with Crippen molar-refractivity contribution in [2.75, 3.05) is 72.0 Å². The maximum atomic E-state index is 15.7. The largest absolute Gasteiger partial charge is 0.508 e. The van der Waals surface area contributed by atoms with Gasteiger partial charge in [-0.3, -0.25) is 86.9 Å². The second-order valence-electron chi connectivity index (χ2n) is 33.3. The van der Waals surface area contributed by atoms with E-state index in [4.69, 9.17) is 22.6 Å². The van der Waals surface area contributed by atoms with Gasteiger partial charge >= 0.3 is 0 Å². The molecule has 720 valence electrons. The van der Waals surface area contributed by atoms with Gasteiger partial charge in [0.2, 0.25) is 100 Å². The smallest absolute Gasteiger partial charge is 0.248 e. The van der Waals surface area contributed by atoms with Crippen molar-refractivity contribution in [2.24, 2.45) is 17.2 Å². The van der Waals surface area contributed by atoms with Crippen LogP contribution in [-0.4, -0.2) is 323 Å². The molecule has 6 heterocycles. The maximum absolute atomic E-state index is 15.7. The van der Waals surface area contributed by atoms with E-state index in [2.05, 4.69) is 78.4 Å². The van der Waals surface area contributed by atoms with E-state index in [0.29, 0.717) is 64.2 Å². The number of H-pyrrole nitrogens is 3. The van der Waals surface area contributed by atoms with E-state index in [-0.39, 0.29) is 108 Å². The molecule has 14 atom stereocenters. The molecular formula is C88H122N24O20S. The Morgan fingerprint density at radius 1 is 0.504 bits per heavy atom. The molecule has 24 N–H and O–H groups in total. The van der Waals surface area contributed by atoms with Gasteiger partial charge in [-0.05, 0) is 99.2 Å². The SMILES string of the molecule is CCCC[C@H]1C(=O)N(C)[C@@H](CCCC)C(=O)N[C@@H](CCCNC(=N)N)C(=O)NC(C(=O)NCC(N)=O)CSCC(=O)N[C@@H](Cc2ccc(O)cc2)C(=O)N(C)[C@@H](C)C(=O)N[C@@H](CC(N)=O)C(=O)N2CCC[C@H]2C(=O)N[C@@H](Cc2cnc[nH]2)C(=O)N[C@@H](CO)C(=O)N2CCC[C@H]2C(=O)N[C@@H](Cc2c[nH]c3ccccc23)C(=O)N[C@@H](CO)C(=O)N[C@@H](Cc2c[nH]c3ccccc23)C(=O)N1C. The van der Waals surface area contributed by atoms with Crippen molar-refractivity contribution in [3.8, 4) is 5.75 Å². The number of nitrogens with two attached hydrogens (primary N) is 3. The van der Waals surface area contributed by atoms with Crippen LogP contribution < -0.4 is 75.7 Å². The van der Waals surface area contributed by atoms with Gasteiger partial charge in [-0.15, -0.1) is 11.8 Å². The number of aromatic amines is 3. The van der Waals surface area contributed by atoms with Gasteiger partial charge in [0.25, 0.3) is 0 Å². The minimum Gasteiger partial charge on any atom is -0.508 e. The number of likely N-dealkylation sites (N-methyl/N-ethyl adjacent to an activating group) is 3. The molecule has 3 aromatic heterocycles. The van der Waals surface area contributed by atoms with Crippen LogP contribution in [0.1, 0.15) is 127 Å². The van der Waals surface area contributed by atoms with Gasteiger partial charge in [-0.2, -0.15) is 0 Å². The summed E-state index contributed by atoms with van der Waals surface area (Å²) in [6, 6.07) is -2.41. The van der Waals surface area contributed by atoms with Gasteiger partial charge in [0.05, 0.1) is 38.3 Å². The third kappa shape index (κ3) is 28.4. The molecular weight excluding hydrogens is 1750 g/mol. The number of hydrogen-bond donors (Lipinski definition) is 21. The predicted octanol–water partition coefficient (Wildman–Crippen LogP) is -3.95. The van der Waals surface area contributed by atoms with E-state index in [1.807, 2.05) is 13.8 Å². The lowest BCUT2D eigenvalue weighted by molar-refractivity contribution is -0.149. The van der Waals surface area contributed by atoms with E-state index < -0.39 is 229 Å². The van der Waals surface area contributed by atoms with E-state index in [9.17, 15) is 68.1 Å². The number of guanidine groups is 1. The van der Waals surface area contributed by atoms with Crippen LogP contribution in [0, 0.1) is 5.41 Å². The van der Waals surface area contributed by atoms with E-state index in [1.165, 1.54) is 64.9 Å². The molecule has 9 rings (SSSR count). The summed E-state index contributed by atoms with van der Waals surface area (Å²) in [5, 5.41) is 70.2. The highest BCUT2D eigenvalue weighted by atomic mass is 32.2. The molecule has 3 aliphatic heterocycles. The summed E-state index contributed by atoms with van der Waals surface area (Å²) in [6.07, 6.45) is 5.60. The van der Waals surface area contributed by atoms with Crippen LogP contribution in [0.2, 0.25) is 0 Å². The number of phenols is 1. The number of rotatable bonds is 25. The summed E-state index contributed by atoms with van der Waals surface area (Å²) in [5.74, 6) is -17.9. The minimum absolute atomic E-state index is 0.00866. The predicted molar refractivity (Wildman–Crippen MR) is 486 cm³/mol. The lowest BCUT2D eigenvalue weighted by Gasteiger charge is -2.36. The van der Waals surface area contributed by atoms with Gasteiger partial charge in [-0.25, -0.2) is 4.98 Å². The summed E-state index contributed by atoms with van der Waals surface area (Å²) in [6.45, 7) is 1.79. The zero-order valence-corrected chi connectivity index (χ0v) is 75.9. The standard InChI is InChI=1S/C88H122N24O20S/c1-7-9-23-67-80(125)100-58(22-15-31-94-88(91)92)76(121)107-66(75(120)97-42-72(90)117)45-133-46-73(118)99-61(34-49-27-29-53(115)30-28-49)83(128)108(4)48(3)74(119)103-63(38-71(89)116)85(130)111-32-16-25-68(111)82(127)102-60(37-52-41-93-47-98-52)78(123)106-65(44-114)86(131)112-33-17-26-69(112)81(126)101-59(35-50-39-95-56-20-13-11-18-54(50)56)77(122)105-64(43-113)79(124)104-62(36-51-40-96-57-21-14-12-19-55(51)57)84(129)110(6)70(24-10-8-2)87(132)109(67)5/h11-14,18-21,27-30,39-41,47-48,58-70,95-96,113-115H,7-10,15-17,22-26,31-38,42-46H2,1-6H3,(H2,89,116)(H2,90,117)(H,93,98)(H,97,120)(H,99,118)(H,100,125)(H,101,126)(H,102,127)(H,103,119)(H,104,124)(H,105,122)(H,106,123)(H,107,121)(H4,91,92,94)/t48-,58-,59-,60-,61-,62-,63-,64-,65-,66?,67-,68-,69-,70-/m0/s1. The van der Waals surface area contributed by atoms with Crippen molar-refractivity contribution in [1.29, 1.82) is 5.41 Å². The molecule has 3 aromatic carbocycles. The number of primary amides is 2. The molecule has 3 saturated heterocycles. The van der Waals surface area contributed by atoms with Crippen molar-refractivity contribution in [3.63, 3.8) is 0 Å². The monoisotopic (exact) mass is 1870 g/mol. The molecule has 6 aromatic rings. The average Bonchev–Trinajstić information content (AvgIpc) is 1.78. The fourth-order valence-corrected chi connectivity index (χ4v) is 17.1. The van der Waals surface area contributed by atoms with Crippen LogP contribution >= 0.6 is 11.8 Å². The zero-order chi connectivity index (χ0) is 96.9. The summed E-state index contributed by atoms with van der Waals surface area (Å²) >= 11 is 0.757. The number of aliphatic hydroxyl groups is 2. The molecule has 45 heteroatoms. The summed E-state index contributed by atoms with van der Waals surface area (Å²) in [7, 11) is 3.89. The molecule has 0 spiro atoms. The van der Waals surface area contributed by atoms with Crippen LogP contribution in [0.5, 0.6) is 5.75 Å². The molecule has 0 radical (unpaired) electrons. The van der Waals surface area contributed by atoms with Gasteiger partial charge in [0, 0.05) is 118 Å². The third-order valence-corrected chi connectivity index (χ3v) is 24.8. The molecule has 133 heavy (non-hydrogen) atoms. The number of unbranched alkanes of at least 4 members (excludes halogenated alkanes) is 2. The van der Waals surface area contributed by atoms with Gasteiger partial charge in [-0.1, -0.05) is 88.1 Å². The molecule has 17 amide bonds. The fraction of sp³-hybridized carbons (Fsp3) is 0.511. The van der Waals surface area contributed by atoms with Gasteiger partial charge in [0.1, 0.15) is 90.3 Å². The van der Waals surface area contributed by atoms with Crippen molar-refractivity contribution in [1.82, 2.24) is 103 Å². The van der Waals surface area contributed by atoms with Crippen LogP contribution in [-0.2, 0) is 107 Å². The number of benzene rings is 3. The fourth-order valence-electron chi connectivity index (χ4n) is 16.3. The highest BCUT2D eigenvalue weighted by Gasteiger charge is 2.46. The molecule has 3 fully saturated rings. The Morgan fingerprint density at radius 2 is 1.00 bits per heavy atom. The van der Waals surface area contributed by atoms with Gasteiger partial charge in [0.15, 0.2) is 5.96 Å². The summed E-state index contributed by atoms with van der Waals surface area (Å²) in [5.41, 5.74) is 19.7. The second kappa shape index (κ2) is 49.5. The number of nitrogens with one attached hydrogen (secondary N) is 15. The number of aromatic hydroxyl groups is 1. The minimum atomic E-state index is -1.87. The number of hydrogen-bond acceptors (Lipinski definition) is 23. The second-order valence-corrected chi connectivity index (χ2v) is 34.4. The highest BCUT2D eigenvalue weighted by Crippen LogP contribution is 2.27. The number of aromatic nitrogens is 4. The number of imidazole rings is 1. The Balaban J connectivity index is 1.09. The first kappa shape index (κ1) is 103. The van der Waals surface area contributed by atoms with Gasteiger partial charge < -0.3 is 130 Å². The van der Waals surface area contributed by atoms with E-state index in [1.54, 1.807) is 60.9 Å². The number of phenolic OH excluding ortho intramolecular Hbond substituents is 1. The van der Waals surface area contributed by atoms with Crippen molar-refractivity contribution < 1.29 is 96.8 Å². The Hall–Kier alpha value is -13.7. The summed E-state index contributed by atoms with van der Waals surface area (Å²) < 4.78 is 0. The molecule has 0 bridgehead atoms. The van der Waals surface area contributed by atoms with Crippen LogP contribution in [0.4, 0.5) is 0 Å². The molecule has 3 aliphatic rings. The number of carbonyl (C=O) groups excluding carboxylic acids is 17. The van der Waals surface area contributed by atoms with Crippen LogP contribution in [0.25, 0.3) is 21.8 Å². The number of carbonyl (C=O) groups is 17. The lowest BCUT2D eigenvalue weighted by Crippen LogP contribution is -2.62. The number of aliphatic hydroxyl groups excluding tert-OH is 2. The number of nitrogens with zero attached hydrogens (tertiary/aromatic N) is 6. The summed E-state index contributed by atoms with van der Waals surface area (Å²) in [4.78, 5) is 267. The lowest BCUT2D eigenvalue weighted by atomic mass is 10.00.